The molecule has 34 heavy (non-hydrogen) atoms. The van der Waals surface area contributed by atoms with Crippen molar-refractivity contribution in [2.75, 3.05) is 0 Å². The number of benzene rings is 1. The molecule has 1 fully saturated rings. The molecule has 0 radical (unpaired) electrons. The molecule has 1 saturated heterocycles. The average Bonchev–Trinajstić information content (AvgIpc) is 3.29. The van der Waals surface area contributed by atoms with Crippen molar-refractivity contribution in [2.45, 2.75) is 46.3 Å². The largest absolute Gasteiger partial charge is 0.352 e. The lowest BCUT2D eigenvalue weighted by Crippen LogP contribution is -2.29. The fourth-order valence-corrected chi connectivity index (χ4v) is 5.47. The Bertz CT molecular complexity index is 1310. The van der Waals surface area contributed by atoms with Crippen molar-refractivity contribution in [3.8, 4) is 5.69 Å². The molecule has 1 N–H and O–H groups in total. The number of hydrogen-bond acceptors (Lipinski definition) is 3. The molecule has 1 aromatic carbocycles. The van der Waals surface area contributed by atoms with E-state index in [1.165, 1.54) is 33.8 Å². The first-order valence-corrected chi connectivity index (χ1v) is 12.0. The maximum absolute atomic E-state index is 5.86. The summed E-state index contributed by atoms with van der Waals surface area (Å²) in [6.07, 6.45) is 5.56. The van der Waals surface area contributed by atoms with E-state index in [-0.39, 0.29) is 12.1 Å². The summed E-state index contributed by atoms with van der Waals surface area (Å²) in [4.78, 5) is 11.3. The first-order valence-electron chi connectivity index (χ1n) is 11.6. The number of pyridine rings is 2. The van der Waals surface area contributed by atoms with Crippen molar-refractivity contribution < 1.29 is 0 Å². The third kappa shape index (κ3) is 4.10. The van der Waals surface area contributed by atoms with Crippen molar-refractivity contribution in [2.24, 2.45) is 0 Å². The molecule has 2 atom stereocenters. The van der Waals surface area contributed by atoms with Crippen LogP contribution < -0.4 is 5.32 Å². The summed E-state index contributed by atoms with van der Waals surface area (Å²) in [7, 11) is 0. The maximum atomic E-state index is 5.86. The van der Waals surface area contributed by atoms with Crippen molar-refractivity contribution in [1.82, 2.24) is 24.8 Å². The second-order valence-electron chi connectivity index (χ2n) is 9.12. The molecule has 0 bridgehead atoms. The summed E-state index contributed by atoms with van der Waals surface area (Å²) < 4.78 is 2.36. The van der Waals surface area contributed by atoms with Crippen molar-refractivity contribution in [1.29, 1.82) is 0 Å². The highest BCUT2D eigenvalue weighted by Gasteiger charge is 2.41. The highest BCUT2D eigenvalue weighted by Crippen LogP contribution is 2.42. The van der Waals surface area contributed by atoms with Gasteiger partial charge < -0.3 is 14.8 Å². The van der Waals surface area contributed by atoms with E-state index in [2.05, 4.69) is 88.8 Å². The van der Waals surface area contributed by atoms with Gasteiger partial charge in [0, 0.05) is 42.2 Å². The minimum Gasteiger partial charge on any atom is -0.352 e. The van der Waals surface area contributed by atoms with Gasteiger partial charge in [0.2, 0.25) is 0 Å². The van der Waals surface area contributed by atoms with Crippen molar-refractivity contribution in [3.63, 3.8) is 0 Å². The van der Waals surface area contributed by atoms with E-state index in [0.717, 1.165) is 16.4 Å². The number of rotatable bonds is 5. The van der Waals surface area contributed by atoms with Gasteiger partial charge in [0.05, 0.1) is 17.8 Å². The first kappa shape index (κ1) is 22.3. The number of nitrogens with one attached hydrogen (secondary N) is 1. The Hall–Kier alpha value is -3.51. The Kier molecular flexibility index (Phi) is 5.92. The summed E-state index contributed by atoms with van der Waals surface area (Å²) in [6, 6.07) is 19.1. The number of hydrogen-bond donors (Lipinski definition) is 1. The topological polar surface area (TPSA) is 46.0 Å². The lowest BCUT2D eigenvalue weighted by molar-refractivity contribution is 0.310. The van der Waals surface area contributed by atoms with Gasteiger partial charge in [-0.05, 0) is 98.6 Å². The zero-order chi connectivity index (χ0) is 23.8. The molecule has 5 rings (SSSR count). The predicted octanol–water partition coefficient (Wildman–Crippen LogP) is 5.67. The smallest absolute Gasteiger partial charge is 0.170 e. The molecule has 0 saturated carbocycles. The standard InChI is InChI=1S/C28H29N5S/c1-18-12-19(2)14-23(13-18)33-20(3)15-24(21(33)4)27-26(25-9-5-6-11-30-25)31-28(34)32(27)17-22-8-7-10-29-16-22/h5-16,26-27H,17H2,1-4H3,(H,31,34)/t26-,27-/m0/s1. The molecule has 0 unspecified atom stereocenters. The molecular formula is C28H29N5S. The van der Waals surface area contributed by atoms with Crippen LogP contribution in [0.25, 0.3) is 5.69 Å². The van der Waals surface area contributed by atoms with Gasteiger partial charge >= 0.3 is 0 Å². The van der Waals surface area contributed by atoms with Crippen LogP contribution in [0.2, 0.25) is 0 Å². The Labute approximate surface area is 206 Å². The second kappa shape index (κ2) is 9.03. The molecule has 0 amide bonds. The Morgan fingerprint density at radius 3 is 2.41 bits per heavy atom. The van der Waals surface area contributed by atoms with Crippen LogP contribution in [-0.2, 0) is 6.54 Å². The summed E-state index contributed by atoms with van der Waals surface area (Å²) >= 11 is 5.86. The Morgan fingerprint density at radius 1 is 0.941 bits per heavy atom. The zero-order valence-electron chi connectivity index (χ0n) is 20.0. The Balaban J connectivity index is 1.63. The third-order valence-electron chi connectivity index (χ3n) is 6.53. The van der Waals surface area contributed by atoms with Crippen LogP contribution in [0.15, 0.2) is 73.2 Å². The highest BCUT2D eigenvalue weighted by molar-refractivity contribution is 7.80. The van der Waals surface area contributed by atoms with Gasteiger partial charge in [0.15, 0.2) is 5.11 Å². The molecular weight excluding hydrogens is 438 g/mol. The van der Waals surface area contributed by atoms with Crippen molar-refractivity contribution >= 4 is 17.3 Å². The van der Waals surface area contributed by atoms with Gasteiger partial charge in [0.1, 0.15) is 0 Å². The van der Waals surface area contributed by atoms with E-state index >= 15 is 0 Å². The monoisotopic (exact) mass is 467 g/mol. The van der Waals surface area contributed by atoms with Crippen LogP contribution in [-0.4, -0.2) is 24.5 Å². The van der Waals surface area contributed by atoms with E-state index < -0.39 is 0 Å². The quantitative estimate of drug-likeness (QED) is 0.383. The molecule has 4 heterocycles. The maximum Gasteiger partial charge on any atom is 0.170 e. The van der Waals surface area contributed by atoms with Gasteiger partial charge in [-0.2, -0.15) is 0 Å². The van der Waals surface area contributed by atoms with Crippen LogP contribution in [0.3, 0.4) is 0 Å². The minimum absolute atomic E-state index is 0.00784. The second-order valence-corrected chi connectivity index (χ2v) is 9.51. The lowest BCUT2D eigenvalue weighted by atomic mass is 9.96. The molecule has 3 aromatic heterocycles. The summed E-state index contributed by atoms with van der Waals surface area (Å²) in [5.41, 5.74) is 9.51. The molecule has 172 valence electrons. The van der Waals surface area contributed by atoms with E-state index in [1.807, 2.05) is 30.6 Å². The predicted molar refractivity (Wildman–Crippen MR) is 140 cm³/mol. The first-order chi connectivity index (χ1) is 16.4. The van der Waals surface area contributed by atoms with E-state index in [4.69, 9.17) is 12.2 Å². The number of thiocarbonyl (C=S) groups is 1. The van der Waals surface area contributed by atoms with Crippen LogP contribution >= 0.6 is 12.2 Å². The normalized spacial score (nSPS) is 17.8. The molecule has 1 aliphatic heterocycles. The van der Waals surface area contributed by atoms with Gasteiger partial charge in [-0.25, -0.2) is 0 Å². The number of aromatic nitrogens is 3. The molecule has 5 nitrogen and oxygen atoms in total. The molecule has 0 spiro atoms. The summed E-state index contributed by atoms with van der Waals surface area (Å²) in [6.45, 7) is 9.37. The average molecular weight is 468 g/mol. The molecule has 1 aliphatic rings. The van der Waals surface area contributed by atoms with Crippen LogP contribution in [0.4, 0.5) is 0 Å². The van der Waals surface area contributed by atoms with Crippen molar-refractivity contribution in [3.05, 3.63) is 113 Å². The minimum atomic E-state index is -0.0430. The highest BCUT2D eigenvalue weighted by atomic mass is 32.1. The van der Waals surface area contributed by atoms with Gasteiger partial charge in [0.25, 0.3) is 0 Å². The van der Waals surface area contributed by atoms with Crippen LogP contribution in [0.5, 0.6) is 0 Å². The molecule has 0 aliphatic carbocycles. The summed E-state index contributed by atoms with van der Waals surface area (Å²) in [5.74, 6) is 0. The Morgan fingerprint density at radius 2 is 1.74 bits per heavy atom. The van der Waals surface area contributed by atoms with E-state index in [1.54, 1.807) is 6.20 Å². The fraction of sp³-hybridized carbons (Fsp3) is 0.250. The third-order valence-corrected chi connectivity index (χ3v) is 6.88. The van der Waals surface area contributed by atoms with E-state index in [0.29, 0.717) is 6.54 Å². The SMILES string of the molecule is Cc1cc(C)cc(-n2c(C)cc([C@H]3[C@H](c4ccccn4)NC(=S)N3Cc3cccnc3)c2C)c1. The van der Waals surface area contributed by atoms with Gasteiger partial charge in [-0.15, -0.1) is 0 Å². The van der Waals surface area contributed by atoms with E-state index in [9.17, 15) is 0 Å². The molecule has 6 heteroatoms. The lowest BCUT2D eigenvalue weighted by Gasteiger charge is -2.28. The van der Waals surface area contributed by atoms with Gasteiger partial charge in [-0.1, -0.05) is 18.2 Å². The number of aryl methyl sites for hydroxylation is 3. The molecule has 4 aromatic rings. The summed E-state index contributed by atoms with van der Waals surface area (Å²) in [5, 5.41) is 4.30. The van der Waals surface area contributed by atoms with Crippen LogP contribution in [0, 0.1) is 27.7 Å². The van der Waals surface area contributed by atoms with Crippen LogP contribution in [0.1, 0.15) is 51.4 Å². The fourth-order valence-electron chi connectivity index (χ4n) is 5.17. The van der Waals surface area contributed by atoms with Gasteiger partial charge in [-0.3, -0.25) is 9.97 Å². The zero-order valence-corrected chi connectivity index (χ0v) is 20.8. The number of nitrogens with zero attached hydrogens (tertiary/aromatic N) is 4.